The Hall–Kier alpha value is -2.21. The van der Waals surface area contributed by atoms with Gasteiger partial charge in [-0.1, -0.05) is 26.0 Å². The zero-order chi connectivity index (χ0) is 16.8. The molecule has 0 aliphatic heterocycles. The van der Waals surface area contributed by atoms with Gasteiger partial charge in [-0.2, -0.15) is 0 Å². The number of carbonyl (C=O) groups is 1. The van der Waals surface area contributed by atoms with E-state index < -0.39 is 0 Å². The first-order chi connectivity index (χ1) is 11.0. The van der Waals surface area contributed by atoms with Crippen LogP contribution in [0, 0.1) is 6.92 Å². The molecule has 2 aromatic rings. The van der Waals surface area contributed by atoms with Crippen LogP contribution < -0.4 is 5.32 Å². The first-order valence-corrected chi connectivity index (χ1v) is 7.85. The van der Waals surface area contributed by atoms with Crippen molar-refractivity contribution in [1.29, 1.82) is 0 Å². The second kappa shape index (κ2) is 7.87. The van der Waals surface area contributed by atoms with Crippen molar-refractivity contribution in [2.75, 3.05) is 18.9 Å². The van der Waals surface area contributed by atoms with E-state index in [1.165, 1.54) is 5.56 Å². The minimum Gasteiger partial charge on any atom is -0.424 e. The van der Waals surface area contributed by atoms with E-state index in [0.717, 1.165) is 12.1 Å². The Morgan fingerprint density at radius 3 is 2.57 bits per heavy atom. The summed E-state index contributed by atoms with van der Waals surface area (Å²) in [6.07, 6.45) is 1.10. The van der Waals surface area contributed by atoms with E-state index in [-0.39, 0.29) is 12.5 Å². The SMILES string of the molecule is CCC(C)c1ccc(NC(=O)CN(C)Cc2nnc(C)o2)cc1. The highest BCUT2D eigenvalue weighted by Crippen LogP contribution is 2.20. The van der Waals surface area contributed by atoms with Gasteiger partial charge >= 0.3 is 0 Å². The third kappa shape index (κ3) is 5.17. The molecule has 1 aromatic heterocycles. The zero-order valence-corrected chi connectivity index (χ0v) is 14.2. The minimum atomic E-state index is -0.0694. The number of nitrogens with zero attached hydrogens (tertiary/aromatic N) is 3. The van der Waals surface area contributed by atoms with Gasteiger partial charge in [-0.15, -0.1) is 10.2 Å². The van der Waals surface area contributed by atoms with Crippen LogP contribution in [0.25, 0.3) is 0 Å². The molecule has 1 heterocycles. The lowest BCUT2D eigenvalue weighted by Crippen LogP contribution is -2.29. The Labute approximate surface area is 136 Å². The highest BCUT2D eigenvalue weighted by Gasteiger charge is 2.11. The third-order valence-electron chi connectivity index (χ3n) is 3.76. The lowest BCUT2D eigenvalue weighted by atomic mass is 9.99. The van der Waals surface area contributed by atoms with Crippen molar-refractivity contribution in [3.8, 4) is 0 Å². The predicted octanol–water partition coefficient (Wildman–Crippen LogP) is 2.96. The number of rotatable bonds is 7. The van der Waals surface area contributed by atoms with Gasteiger partial charge in [0.1, 0.15) is 0 Å². The van der Waals surface area contributed by atoms with Gasteiger partial charge in [-0.25, -0.2) is 0 Å². The van der Waals surface area contributed by atoms with E-state index >= 15 is 0 Å². The standard InChI is InChI=1S/C17H24N4O2/c1-5-12(2)14-6-8-15(9-7-14)18-16(22)10-21(4)11-17-20-19-13(3)23-17/h6-9,12H,5,10-11H2,1-4H3,(H,18,22). The highest BCUT2D eigenvalue weighted by atomic mass is 16.4. The van der Waals surface area contributed by atoms with Crippen LogP contribution in [0.4, 0.5) is 5.69 Å². The van der Waals surface area contributed by atoms with Gasteiger partial charge in [0.05, 0.1) is 13.1 Å². The highest BCUT2D eigenvalue weighted by molar-refractivity contribution is 5.92. The van der Waals surface area contributed by atoms with Crippen LogP contribution in [-0.2, 0) is 11.3 Å². The van der Waals surface area contributed by atoms with E-state index in [1.807, 2.05) is 24.1 Å². The average Bonchev–Trinajstić information content (AvgIpc) is 2.91. The lowest BCUT2D eigenvalue weighted by molar-refractivity contribution is -0.117. The molecule has 23 heavy (non-hydrogen) atoms. The Balaban J connectivity index is 1.84. The van der Waals surface area contributed by atoms with E-state index in [2.05, 4.69) is 41.5 Å². The summed E-state index contributed by atoms with van der Waals surface area (Å²) in [5.74, 6) is 1.50. The normalized spacial score (nSPS) is 12.4. The molecule has 0 aliphatic carbocycles. The monoisotopic (exact) mass is 316 g/mol. The Morgan fingerprint density at radius 1 is 1.30 bits per heavy atom. The minimum absolute atomic E-state index is 0.0694. The number of aromatic nitrogens is 2. The predicted molar refractivity (Wildman–Crippen MR) is 89.1 cm³/mol. The Bertz CT molecular complexity index is 636. The molecule has 0 radical (unpaired) electrons. The first-order valence-electron chi connectivity index (χ1n) is 7.85. The van der Waals surface area contributed by atoms with Gasteiger partial charge in [0.2, 0.25) is 17.7 Å². The molecule has 2 rings (SSSR count). The summed E-state index contributed by atoms with van der Waals surface area (Å²) >= 11 is 0. The van der Waals surface area contributed by atoms with Gasteiger partial charge in [0.15, 0.2) is 0 Å². The van der Waals surface area contributed by atoms with Gasteiger partial charge in [0.25, 0.3) is 0 Å². The summed E-state index contributed by atoms with van der Waals surface area (Å²) in [4.78, 5) is 13.9. The molecule has 0 fully saturated rings. The lowest BCUT2D eigenvalue weighted by Gasteiger charge is -2.14. The van der Waals surface area contributed by atoms with Crippen molar-refractivity contribution in [2.24, 2.45) is 0 Å². The van der Waals surface area contributed by atoms with E-state index in [4.69, 9.17) is 4.42 Å². The smallest absolute Gasteiger partial charge is 0.238 e. The molecule has 0 spiro atoms. The van der Waals surface area contributed by atoms with Crippen LogP contribution in [-0.4, -0.2) is 34.6 Å². The van der Waals surface area contributed by atoms with Gasteiger partial charge in [0, 0.05) is 12.6 Å². The number of hydrogen-bond donors (Lipinski definition) is 1. The molecule has 6 heteroatoms. The third-order valence-corrected chi connectivity index (χ3v) is 3.76. The van der Waals surface area contributed by atoms with E-state index in [9.17, 15) is 4.79 Å². The van der Waals surface area contributed by atoms with Crippen molar-refractivity contribution in [1.82, 2.24) is 15.1 Å². The molecule has 0 saturated carbocycles. The largest absolute Gasteiger partial charge is 0.424 e. The number of likely N-dealkylation sites (N-methyl/N-ethyl adjacent to an activating group) is 1. The number of anilines is 1. The summed E-state index contributed by atoms with van der Waals surface area (Å²) in [6, 6.07) is 8.02. The second-order valence-electron chi connectivity index (χ2n) is 5.87. The maximum Gasteiger partial charge on any atom is 0.238 e. The molecule has 0 bridgehead atoms. The molecule has 1 amide bonds. The van der Waals surface area contributed by atoms with Crippen LogP contribution in [0.1, 0.15) is 43.5 Å². The topological polar surface area (TPSA) is 71.3 Å². The van der Waals surface area contributed by atoms with Crippen LogP contribution in [0.2, 0.25) is 0 Å². The zero-order valence-electron chi connectivity index (χ0n) is 14.2. The fourth-order valence-corrected chi connectivity index (χ4v) is 2.26. The summed E-state index contributed by atoms with van der Waals surface area (Å²) in [5, 5.41) is 10.6. The maximum atomic E-state index is 12.1. The summed E-state index contributed by atoms with van der Waals surface area (Å²) in [6.45, 7) is 6.81. The number of carbonyl (C=O) groups excluding carboxylic acids is 1. The van der Waals surface area contributed by atoms with E-state index in [1.54, 1.807) is 6.92 Å². The summed E-state index contributed by atoms with van der Waals surface area (Å²) in [5.41, 5.74) is 2.10. The van der Waals surface area contributed by atoms with Crippen molar-refractivity contribution < 1.29 is 9.21 Å². The fourth-order valence-electron chi connectivity index (χ4n) is 2.26. The van der Waals surface area contributed by atoms with Crippen LogP contribution in [0.15, 0.2) is 28.7 Å². The second-order valence-corrected chi connectivity index (χ2v) is 5.87. The summed E-state index contributed by atoms with van der Waals surface area (Å²) < 4.78 is 5.30. The molecule has 6 nitrogen and oxygen atoms in total. The van der Waals surface area contributed by atoms with Crippen LogP contribution in [0.3, 0.4) is 0 Å². The number of benzene rings is 1. The molecular formula is C17H24N4O2. The average molecular weight is 316 g/mol. The molecule has 1 aromatic carbocycles. The summed E-state index contributed by atoms with van der Waals surface area (Å²) in [7, 11) is 1.84. The number of hydrogen-bond acceptors (Lipinski definition) is 5. The first kappa shape index (κ1) is 17.1. The van der Waals surface area contributed by atoms with Crippen molar-refractivity contribution in [3.05, 3.63) is 41.6 Å². The van der Waals surface area contributed by atoms with Crippen molar-refractivity contribution in [3.63, 3.8) is 0 Å². The number of aryl methyl sites for hydroxylation is 1. The van der Waals surface area contributed by atoms with Gasteiger partial charge in [-0.3, -0.25) is 9.69 Å². The van der Waals surface area contributed by atoms with Crippen LogP contribution in [0.5, 0.6) is 0 Å². The number of nitrogens with one attached hydrogen (secondary N) is 1. The number of amides is 1. The molecule has 1 unspecified atom stereocenters. The molecule has 124 valence electrons. The van der Waals surface area contributed by atoms with Gasteiger partial charge < -0.3 is 9.73 Å². The van der Waals surface area contributed by atoms with Crippen molar-refractivity contribution >= 4 is 11.6 Å². The molecule has 1 N–H and O–H groups in total. The van der Waals surface area contributed by atoms with Crippen molar-refractivity contribution in [2.45, 2.75) is 39.7 Å². The quantitative estimate of drug-likeness (QED) is 0.850. The Morgan fingerprint density at radius 2 is 2.00 bits per heavy atom. The van der Waals surface area contributed by atoms with Gasteiger partial charge in [-0.05, 0) is 37.1 Å². The van der Waals surface area contributed by atoms with E-state index in [0.29, 0.717) is 24.2 Å². The molecular weight excluding hydrogens is 292 g/mol. The molecule has 0 saturated heterocycles. The Kier molecular flexibility index (Phi) is 5.87. The fraction of sp³-hybridized carbons (Fsp3) is 0.471. The van der Waals surface area contributed by atoms with Crippen LogP contribution >= 0.6 is 0 Å². The molecule has 1 atom stereocenters. The maximum absolute atomic E-state index is 12.1. The molecule has 0 aliphatic rings.